The molecule has 0 unspecified atom stereocenters. The summed E-state index contributed by atoms with van der Waals surface area (Å²) in [6.45, 7) is -7.68. The summed E-state index contributed by atoms with van der Waals surface area (Å²) in [5.74, 6) is -0.314. The molecule has 1 aromatic carbocycles. The van der Waals surface area contributed by atoms with Gasteiger partial charge in [0.1, 0.15) is 5.58 Å². The molecule has 28 heavy (non-hydrogen) atoms. The summed E-state index contributed by atoms with van der Waals surface area (Å²) in [5.41, 5.74) is 0.230. The van der Waals surface area contributed by atoms with Crippen LogP contribution in [0.2, 0.25) is 0 Å². The maximum Gasteiger partial charge on any atom is 0.227 e. The first-order valence-electron chi connectivity index (χ1n) is 14.9. The Labute approximate surface area is 181 Å². The highest BCUT2D eigenvalue weighted by molar-refractivity contribution is 6.10. The number of benzene rings is 1. The monoisotopic (exact) mass is 381 g/mol. The van der Waals surface area contributed by atoms with E-state index in [1.165, 1.54) is 30.5 Å². The van der Waals surface area contributed by atoms with Gasteiger partial charge in [0, 0.05) is 43.8 Å². The summed E-state index contributed by atoms with van der Waals surface area (Å²) >= 11 is 0. The zero-order chi connectivity index (χ0) is 28.5. The van der Waals surface area contributed by atoms with E-state index < -0.39 is 26.9 Å². The second-order valence-corrected chi connectivity index (χ2v) is 7.28. The maximum absolute atomic E-state index is 8.77. The quantitative estimate of drug-likeness (QED) is 0.396. The number of pyridine rings is 2. The van der Waals surface area contributed by atoms with Crippen LogP contribution in [-0.4, -0.2) is 9.97 Å². The van der Waals surface area contributed by atoms with Gasteiger partial charge in [0.25, 0.3) is 0 Å². The predicted octanol–water partition coefficient (Wildman–Crippen LogP) is 6.70. The zero-order valence-electron chi connectivity index (χ0n) is 26.2. The Morgan fingerprint density at radius 2 is 1.96 bits per heavy atom. The van der Waals surface area contributed by atoms with Crippen LogP contribution in [0.3, 0.4) is 0 Å². The van der Waals surface area contributed by atoms with Crippen molar-refractivity contribution in [2.45, 2.75) is 52.6 Å². The van der Waals surface area contributed by atoms with Crippen LogP contribution in [0.1, 0.15) is 63.0 Å². The van der Waals surface area contributed by atoms with Gasteiger partial charge in [-0.25, -0.2) is 4.98 Å². The van der Waals surface area contributed by atoms with E-state index in [4.69, 9.17) is 19.5 Å². The Hall–Kier alpha value is -2.68. The Bertz CT molecular complexity index is 1560. The number of aryl methyl sites for hydroxylation is 3. The van der Waals surface area contributed by atoms with E-state index >= 15 is 0 Å². The summed E-state index contributed by atoms with van der Waals surface area (Å²) in [6.07, 6.45) is 3.62. The van der Waals surface area contributed by atoms with Gasteiger partial charge in [0.05, 0.1) is 5.69 Å². The minimum Gasteiger partial charge on any atom is -0.437 e. The maximum atomic E-state index is 8.77. The van der Waals surface area contributed by atoms with Crippen molar-refractivity contribution < 1.29 is 19.5 Å². The van der Waals surface area contributed by atoms with Gasteiger partial charge in [0.15, 0.2) is 0 Å². The lowest BCUT2D eigenvalue weighted by Gasteiger charge is -2.12. The van der Waals surface area contributed by atoms with Gasteiger partial charge < -0.3 is 4.42 Å². The molecule has 1 aliphatic carbocycles. The first-order valence-corrected chi connectivity index (χ1v) is 9.37. The van der Waals surface area contributed by atoms with E-state index in [0.717, 1.165) is 19.0 Å². The van der Waals surface area contributed by atoms with Gasteiger partial charge in [-0.2, -0.15) is 0 Å². The summed E-state index contributed by atoms with van der Waals surface area (Å²) in [7, 11) is 0. The highest BCUT2D eigenvalue weighted by Gasteiger charge is 2.19. The van der Waals surface area contributed by atoms with Crippen molar-refractivity contribution in [2.75, 3.05) is 0 Å². The molecule has 1 fully saturated rings. The lowest BCUT2D eigenvalue weighted by atomic mass is 9.95. The van der Waals surface area contributed by atoms with Crippen LogP contribution in [0.15, 0.2) is 41.1 Å². The average molecular weight is 382 g/mol. The standard InChI is InChI=1S/C25H26N2O/c1-15-10-21-23-16(2)8-9-20(24(23)28-25(21)27-13-15)22-11-17(3)19(14-26-22)12-18-6-4-5-7-18/h8-11,13-14,18H,4-7,12H2,1-3H3/i1D3,2D3,3D3,12D2. The SMILES string of the molecule is [2H]C([2H])([2H])c1cnc2oc3c(-c4cc(C([2H])([2H])[2H])c(C([2H])([2H])C5CCCC5)cn4)ccc(C([2H])([2H])[2H])c3c2c1. The van der Waals surface area contributed by atoms with Crippen molar-refractivity contribution in [1.82, 2.24) is 9.97 Å². The third-order valence-electron chi connectivity index (χ3n) is 5.37. The van der Waals surface area contributed by atoms with E-state index in [1.807, 2.05) is 0 Å². The van der Waals surface area contributed by atoms with E-state index in [1.54, 1.807) is 0 Å². The highest BCUT2D eigenvalue weighted by Crippen LogP contribution is 2.37. The number of aromatic nitrogens is 2. The Morgan fingerprint density at radius 3 is 2.79 bits per heavy atom. The third-order valence-corrected chi connectivity index (χ3v) is 5.37. The number of fused-ring (bicyclic) bond motifs is 3. The van der Waals surface area contributed by atoms with E-state index in [9.17, 15) is 0 Å². The molecule has 1 saturated carbocycles. The number of nitrogens with zero attached hydrogens (tertiary/aromatic N) is 2. The van der Waals surface area contributed by atoms with E-state index in [2.05, 4.69) is 9.97 Å². The minimum absolute atomic E-state index is 0.0158. The molecule has 0 aliphatic heterocycles. The van der Waals surface area contributed by atoms with Gasteiger partial charge in [-0.3, -0.25) is 4.98 Å². The summed E-state index contributed by atoms with van der Waals surface area (Å²) in [5, 5.41) is 0.348. The van der Waals surface area contributed by atoms with Crippen LogP contribution in [0.5, 0.6) is 0 Å². The van der Waals surface area contributed by atoms with Crippen molar-refractivity contribution in [2.24, 2.45) is 5.92 Å². The third kappa shape index (κ3) is 2.90. The van der Waals surface area contributed by atoms with Crippen LogP contribution in [0.25, 0.3) is 33.3 Å². The Morgan fingerprint density at radius 1 is 1.07 bits per heavy atom. The summed E-state index contributed by atoms with van der Waals surface area (Å²) < 4.78 is 95.3. The van der Waals surface area contributed by atoms with Gasteiger partial charge >= 0.3 is 0 Å². The van der Waals surface area contributed by atoms with E-state index in [0.29, 0.717) is 12.8 Å². The van der Waals surface area contributed by atoms with Gasteiger partial charge in [0.2, 0.25) is 5.71 Å². The largest absolute Gasteiger partial charge is 0.437 e. The molecule has 3 aromatic heterocycles. The van der Waals surface area contributed by atoms with Crippen LogP contribution in [0, 0.1) is 26.5 Å². The molecule has 0 atom stereocenters. The molecule has 1 aliphatic rings. The number of rotatable bonds is 3. The smallest absolute Gasteiger partial charge is 0.227 e. The molecule has 0 spiro atoms. The molecular weight excluding hydrogens is 344 g/mol. The lowest BCUT2D eigenvalue weighted by Crippen LogP contribution is -2.02. The van der Waals surface area contributed by atoms with Crippen LogP contribution in [0.4, 0.5) is 0 Å². The molecule has 0 radical (unpaired) electrons. The first kappa shape index (κ1) is 9.21. The van der Waals surface area contributed by atoms with Crippen molar-refractivity contribution in [3.8, 4) is 11.3 Å². The molecule has 4 aromatic rings. The summed E-state index contributed by atoms with van der Waals surface area (Å²) in [6, 6.07) is 5.48. The Balaban J connectivity index is 1.77. The molecular formula is C25H26N2O. The average Bonchev–Trinajstić information content (AvgIpc) is 3.50. The van der Waals surface area contributed by atoms with Crippen molar-refractivity contribution in [1.29, 1.82) is 0 Å². The first-order chi connectivity index (χ1) is 18.0. The van der Waals surface area contributed by atoms with Gasteiger partial charge in [-0.1, -0.05) is 31.7 Å². The lowest BCUT2D eigenvalue weighted by molar-refractivity contribution is 0.544. The van der Waals surface area contributed by atoms with Crippen LogP contribution in [-0.2, 0) is 6.37 Å². The topological polar surface area (TPSA) is 38.9 Å². The number of furan rings is 1. The number of hydrogen-bond donors (Lipinski definition) is 0. The fourth-order valence-corrected chi connectivity index (χ4v) is 3.97. The second-order valence-electron chi connectivity index (χ2n) is 7.28. The molecule has 0 saturated heterocycles. The fourth-order valence-electron chi connectivity index (χ4n) is 3.97. The van der Waals surface area contributed by atoms with Crippen LogP contribution >= 0.6 is 0 Å². The highest BCUT2D eigenvalue weighted by atomic mass is 16.3. The minimum atomic E-state index is -2.64. The van der Waals surface area contributed by atoms with Gasteiger partial charge in [-0.15, -0.1) is 0 Å². The van der Waals surface area contributed by atoms with E-state index in [-0.39, 0.29) is 61.5 Å². The molecule has 3 nitrogen and oxygen atoms in total. The molecule has 5 rings (SSSR count). The predicted molar refractivity (Wildman–Crippen MR) is 115 cm³/mol. The molecule has 3 heteroatoms. The van der Waals surface area contributed by atoms with Crippen molar-refractivity contribution in [3.05, 3.63) is 58.9 Å². The molecule has 3 heterocycles. The van der Waals surface area contributed by atoms with Crippen molar-refractivity contribution in [3.63, 3.8) is 0 Å². The van der Waals surface area contributed by atoms with Crippen LogP contribution < -0.4 is 0 Å². The molecule has 0 amide bonds. The number of hydrogen-bond acceptors (Lipinski definition) is 3. The zero-order valence-corrected chi connectivity index (χ0v) is 15.2. The Kier molecular flexibility index (Phi) is 2.22. The molecule has 142 valence electrons. The normalized spacial score (nSPS) is 22.8. The fraction of sp³-hybridized carbons (Fsp3) is 0.360. The summed E-state index contributed by atoms with van der Waals surface area (Å²) in [4.78, 5) is 8.55. The van der Waals surface area contributed by atoms with Crippen molar-refractivity contribution >= 4 is 22.1 Å². The molecule has 0 N–H and O–H groups in total. The molecule has 0 bridgehead atoms. The second kappa shape index (κ2) is 6.73. The van der Waals surface area contributed by atoms with Gasteiger partial charge in [-0.05, 0) is 73.3 Å².